The highest BCUT2D eigenvalue weighted by Crippen LogP contribution is 2.34. The van der Waals surface area contributed by atoms with Crippen molar-refractivity contribution in [3.8, 4) is 17.3 Å². The molecule has 1 aromatic heterocycles. The first kappa shape index (κ1) is 13.5. The first-order valence-corrected chi connectivity index (χ1v) is 5.59. The highest BCUT2D eigenvalue weighted by molar-refractivity contribution is 6.31. The number of nitrogen functional groups attached to an aromatic ring is 2. The molecule has 0 aliphatic carbocycles. The van der Waals surface area contributed by atoms with Gasteiger partial charge < -0.3 is 11.5 Å². The van der Waals surface area contributed by atoms with Crippen molar-refractivity contribution in [3.05, 3.63) is 38.9 Å². The predicted molar refractivity (Wildman–Crippen MR) is 72.7 cm³/mol. The van der Waals surface area contributed by atoms with Gasteiger partial charge in [-0.2, -0.15) is 10.2 Å². The molecule has 1 heterocycles. The van der Waals surface area contributed by atoms with Gasteiger partial charge >= 0.3 is 0 Å². The van der Waals surface area contributed by atoms with Gasteiger partial charge in [0.1, 0.15) is 23.1 Å². The topological polar surface area (TPSA) is 145 Å². The van der Waals surface area contributed by atoms with Crippen molar-refractivity contribution in [2.45, 2.75) is 0 Å². The number of hydrogen-bond donors (Lipinski definition) is 2. The van der Waals surface area contributed by atoms with E-state index in [0.29, 0.717) is 0 Å². The Morgan fingerprint density at radius 1 is 1.35 bits per heavy atom. The average molecular weight is 291 g/mol. The third kappa shape index (κ3) is 2.30. The lowest BCUT2D eigenvalue weighted by Crippen LogP contribution is -2.06. The van der Waals surface area contributed by atoms with Crippen molar-refractivity contribution in [2.75, 3.05) is 11.5 Å². The molecule has 8 nitrogen and oxygen atoms in total. The summed E-state index contributed by atoms with van der Waals surface area (Å²) in [6, 6.07) is 5.70. The van der Waals surface area contributed by atoms with Crippen LogP contribution in [-0.4, -0.2) is 14.9 Å². The van der Waals surface area contributed by atoms with Crippen molar-refractivity contribution in [2.24, 2.45) is 0 Å². The number of nitrogens with zero attached hydrogens (tertiary/aromatic N) is 4. The number of rotatable bonds is 2. The Labute approximate surface area is 117 Å². The largest absolute Gasteiger partial charge is 0.382 e. The fourth-order valence-electron chi connectivity index (χ4n) is 1.66. The zero-order valence-corrected chi connectivity index (χ0v) is 10.6. The van der Waals surface area contributed by atoms with E-state index in [1.165, 1.54) is 18.2 Å². The summed E-state index contributed by atoms with van der Waals surface area (Å²) in [5.41, 5.74) is 10.7. The first-order valence-electron chi connectivity index (χ1n) is 5.21. The van der Waals surface area contributed by atoms with E-state index in [-0.39, 0.29) is 39.3 Å². The summed E-state index contributed by atoms with van der Waals surface area (Å²) < 4.78 is 0. The highest BCUT2D eigenvalue weighted by atomic mass is 35.5. The second-order valence-electron chi connectivity index (χ2n) is 3.72. The molecular formula is C11H7ClN6O2. The van der Waals surface area contributed by atoms with Crippen LogP contribution < -0.4 is 11.5 Å². The summed E-state index contributed by atoms with van der Waals surface area (Å²) in [7, 11) is 0. The number of nitro groups is 1. The van der Waals surface area contributed by atoms with E-state index in [1.807, 2.05) is 0 Å². The van der Waals surface area contributed by atoms with Crippen LogP contribution in [0.25, 0.3) is 11.3 Å². The summed E-state index contributed by atoms with van der Waals surface area (Å²) in [4.78, 5) is 17.9. The molecule has 0 saturated heterocycles. The smallest absolute Gasteiger partial charge is 0.278 e. The van der Waals surface area contributed by atoms with Crippen molar-refractivity contribution in [1.29, 1.82) is 5.26 Å². The number of nitro benzene ring substituents is 1. The van der Waals surface area contributed by atoms with Gasteiger partial charge in [0.05, 0.1) is 10.5 Å². The summed E-state index contributed by atoms with van der Waals surface area (Å²) >= 11 is 5.84. The van der Waals surface area contributed by atoms with Crippen LogP contribution in [0.5, 0.6) is 0 Å². The molecule has 1 aromatic carbocycles. The zero-order chi connectivity index (χ0) is 14.9. The van der Waals surface area contributed by atoms with Crippen molar-refractivity contribution in [3.63, 3.8) is 0 Å². The lowest BCUT2D eigenvalue weighted by atomic mass is 10.1. The Morgan fingerprint density at radius 2 is 2.05 bits per heavy atom. The monoisotopic (exact) mass is 290 g/mol. The number of nitriles is 1. The van der Waals surface area contributed by atoms with Gasteiger partial charge in [-0.25, -0.2) is 4.98 Å². The standard InChI is InChI=1S/C11H7ClN6O2/c12-5-1-2-8(18(19)20)6(3-5)9-7(4-13)10(14)17-11(15)16-9/h1-3H,(H4,14,15,16,17). The molecule has 0 spiro atoms. The van der Waals surface area contributed by atoms with Gasteiger partial charge in [-0.3, -0.25) is 10.1 Å². The van der Waals surface area contributed by atoms with Crippen LogP contribution in [0.15, 0.2) is 18.2 Å². The fourth-order valence-corrected chi connectivity index (χ4v) is 1.83. The van der Waals surface area contributed by atoms with Crippen LogP contribution in [0, 0.1) is 21.4 Å². The van der Waals surface area contributed by atoms with Gasteiger partial charge in [-0.1, -0.05) is 11.6 Å². The second-order valence-corrected chi connectivity index (χ2v) is 4.16. The van der Waals surface area contributed by atoms with Crippen molar-refractivity contribution in [1.82, 2.24) is 9.97 Å². The normalized spacial score (nSPS) is 10.0. The lowest BCUT2D eigenvalue weighted by molar-refractivity contribution is -0.384. The Bertz CT molecular complexity index is 755. The quantitative estimate of drug-likeness (QED) is 0.632. The molecule has 2 rings (SSSR count). The summed E-state index contributed by atoms with van der Waals surface area (Å²) in [6.45, 7) is 0. The second kappa shape index (κ2) is 4.99. The van der Waals surface area contributed by atoms with Gasteiger partial charge in [0.25, 0.3) is 5.69 Å². The SMILES string of the molecule is N#Cc1c(N)nc(N)nc1-c1cc(Cl)ccc1[N+](=O)[O-]. The third-order valence-corrected chi connectivity index (χ3v) is 2.71. The Hall–Kier alpha value is -2.92. The van der Waals surface area contributed by atoms with Crippen LogP contribution in [0.1, 0.15) is 5.56 Å². The van der Waals surface area contributed by atoms with Gasteiger partial charge in [0.15, 0.2) is 0 Å². The molecule has 100 valence electrons. The number of benzene rings is 1. The maximum atomic E-state index is 11.0. The maximum absolute atomic E-state index is 11.0. The Morgan fingerprint density at radius 3 is 2.65 bits per heavy atom. The molecule has 20 heavy (non-hydrogen) atoms. The Kier molecular flexibility index (Phi) is 3.37. The van der Waals surface area contributed by atoms with Crippen LogP contribution in [-0.2, 0) is 0 Å². The van der Waals surface area contributed by atoms with E-state index in [1.54, 1.807) is 6.07 Å². The minimum absolute atomic E-state index is 0.0216. The number of nitrogens with two attached hydrogens (primary N) is 2. The molecule has 0 aliphatic rings. The maximum Gasteiger partial charge on any atom is 0.278 e. The van der Waals surface area contributed by atoms with Gasteiger partial charge in [0, 0.05) is 11.1 Å². The molecule has 9 heteroatoms. The molecule has 0 unspecified atom stereocenters. The van der Waals surface area contributed by atoms with E-state index < -0.39 is 4.92 Å². The molecule has 0 radical (unpaired) electrons. The number of hydrogen-bond acceptors (Lipinski definition) is 7. The van der Waals surface area contributed by atoms with E-state index in [0.717, 1.165) is 0 Å². The summed E-state index contributed by atoms with van der Waals surface area (Å²) in [6.07, 6.45) is 0. The minimum atomic E-state index is -0.610. The fraction of sp³-hybridized carbons (Fsp3) is 0. The summed E-state index contributed by atoms with van der Waals surface area (Å²) in [5.74, 6) is -0.338. The molecule has 4 N–H and O–H groups in total. The number of halogens is 1. The molecule has 2 aromatic rings. The third-order valence-electron chi connectivity index (χ3n) is 2.48. The molecular weight excluding hydrogens is 284 g/mol. The van der Waals surface area contributed by atoms with E-state index in [2.05, 4.69) is 9.97 Å². The van der Waals surface area contributed by atoms with E-state index in [9.17, 15) is 10.1 Å². The molecule has 0 bridgehead atoms. The predicted octanol–water partition coefficient (Wildman–Crippen LogP) is 1.74. The van der Waals surface area contributed by atoms with Crippen LogP contribution in [0.2, 0.25) is 5.02 Å². The highest BCUT2D eigenvalue weighted by Gasteiger charge is 2.22. The van der Waals surface area contributed by atoms with E-state index in [4.69, 9.17) is 28.3 Å². The first-order chi connectivity index (χ1) is 9.43. The van der Waals surface area contributed by atoms with Crippen molar-refractivity contribution < 1.29 is 4.92 Å². The molecule has 0 saturated carbocycles. The molecule has 0 fully saturated rings. The number of anilines is 2. The van der Waals surface area contributed by atoms with Gasteiger partial charge in [0.2, 0.25) is 5.95 Å². The molecule has 0 amide bonds. The number of aromatic nitrogens is 2. The summed E-state index contributed by atoms with van der Waals surface area (Å²) in [5, 5.41) is 20.4. The zero-order valence-electron chi connectivity index (χ0n) is 9.87. The molecule has 0 aliphatic heterocycles. The van der Waals surface area contributed by atoms with Gasteiger partial charge in [-0.15, -0.1) is 0 Å². The van der Waals surface area contributed by atoms with Crippen LogP contribution in [0.4, 0.5) is 17.5 Å². The Balaban J connectivity index is 2.84. The van der Waals surface area contributed by atoms with Gasteiger partial charge in [-0.05, 0) is 12.1 Å². The minimum Gasteiger partial charge on any atom is -0.382 e. The lowest BCUT2D eigenvalue weighted by Gasteiger charge is -2.07. The van der Waals surface area contributed by atoms with Crippen molar-refractivity contribution >= 4 is 29.1 Å². The van der Waals surface area contributed by atoms with Crippen LogP contribution >= 0.6 is 11.6 Å². The average Bonchev–Trinajstić information content (AvgIpc) is 2.37. The van der Waals surface area contributed by atoms with E-state index >= 15 is 0 Å². The molecule has 0 atom stereocenters. The van der Waals surface area contributed by atoms with Crippen LogP contribution in [0.3, 0.4) is 0 Å².